The number of anilines is 1. The van der Waals surface area contributed by atoms with E-state index in [0.29, 0.717) is 39.4 Å². The highest BCUT2D eigenvalue weighted by molar-refractivity contribution is 7.17. The van der Waals surface area contributed by atoms with Crippen LogP contribution in [0.1, 0.15) is 29.4 Å². The standard InChI is InChI=1S/C20H20ClN5O4S/c1-10-4-13(14-6-17(21)23-8-16(14)28-3)15(7-22-10)18(27)24-19-25-26-20(31-19)30-12-5-11(2)29-9-12/h4,6-8,11-12H,5,9H2,1-3H3,(H,24,25,27)/t11-,12-/m1/s1. The number of aromatic nitrogens is 4. The molecular weight excluding hydrogens is 442 g/mol. The van der Waals surface area contributed by atoms with Crippen molar-refractivity contribution in [3.8, 4) is 22.1 Å². The van der Waals surface area contributed by atoms with Crippen LogP contribution in [0.15, 0.2) is 24.5 Å². The zero-order valence-corrected chi connectivity index (χ0v) is 18.7. The van der Waals surface area contributed by atoms with Gasteiger partial charge in [0.15, 0.2) is 0 Å². The van der Waals surface area contributed by atoms with Gasteiger partial charge in [-0.15, -0.1) is 5.10 Å². The van der Waals surface area contributed by atoms with Crippen LogP contribution < -0.4 is 14.8 Å². The first-order valence-electron chi connectivity index (χ1n) is 9.52. The zero-order valence-electron chi connectivity index (χ0n) is 17.1. The van der Waals surface area contributed by atoms with Gasteiger partial charge in [-0.05, 0) is 37.3 Å². The number of pyridine rings is 2. The van der Waals surface area contributed by atoms with E-state index >= 15 is 0 Å². The van der Waals surface area contributed by atoms with Crippen molar-refractivity contribution in [2.24, 2.45) is 0 Å². The SMILES string of the molecule is COc1cnc(Cl)cc1-c1cc(C)ncc1C(=O)Nc1nnc(O[C@H]2CO[C@H](C)C2)s1. The molecule has 1 aliphatic heterocycles. The summed E-state index contributed by atoms with van der Waals surface area (Å²) in [5.41, 5.74) is 2.32. The molecule has 1 fully saturated rings. The Morgan fingerprint density at radius 1 is 1.26 bits per heavy atom. The molecular formula is C20H20ClN5O4S. The second-order valence-electron chi connectivity index (χ2n) is 7.03. The predicted molar refractivity (Wildman–Crippen MR) is 116 cm³/mol. The van der Waals surface area contributed by atoms with Gasteiger partial charge in [-0.1, -0.05) is 16.7 Å². The Morgan fingerprint density at radius 2 is 2.10 bits per heavy atom. The number of aryl methyl sites for hydroxylation is 1. The van der Waals surface area contributed by atoms with E-state index in [1.165, 1.54) is 19.5 Å². The molecule has 11 heteroatoms. The van der Waals surface area contributed by atoms with Crippen LogP contribution in [0.25, 0.3) is 11.1 Å². The lowest BCUT2D eigenvalue weighted by Crippen LogP contribution is -2.15. The molecule has 1 amide bonds. The van der Waals surface area contributed by atoms with Crippen LogP contribution in [0, 0.1) is 6.92 Å². The summed E-state index contributed by atoms with van der Waals surface area (Å²) in [6, 6.07) is 3.44. The van der Waals surface area contributed by atoms with E-state index in [4.69, 9.17) is 25.8 Å². The maximum Gasteiger partial charge on any atom is 0.296 e. The third kappa shape index (κ3) is 4.92. The Balaban J connectivity index is 1.57. The van der Waals surface area contributed by atoms with Crippen molar-refractivity contribution in [3.63, 3.8) is 0 Å². The zero-order chi connectivity index (χ0) is 22.0. The molecule has 1 aliphatic rings. The molecule has 4 heterocycles. The summed E-state index contributed by atoms with van der Waals surface area (Å²) < 4.78 is 16.7. The predicted octanol–water partition coefficient (Wildman–Crippen LogP) is 3.77. The van der Waals surface area contributed by atoms with Gasteiger partial charge in [-0.25, -0.2) is 4.98 Å². The molecule has 4 rings (SSSR count). The Kier molecular flexibility index (Phi) is 6.30. The van der Waals surface area contributed by atoms with Crippen LogP contribution in [0.3, 0.4) is 0 Å². The van der Waals surface area contributed by atoms with Gasteiger partial charge >= 0.3 is 0 Å². The number of carbonyl (C=O) groups excluding carboxylic acids is 1. The lowest BCUT2D eigenvalue weighted by molar-refractivity contribution is 0.102. The molecule has 3 aromatic rings. The van der Waals surface area contributed by atoms with Gasteiger partial charge < -0.3 is 14.2 Å². The first-order valence-corrected chi connectivity index (χ1v) is 10.7. The maximum atomic E-state index is 13.0. The van der Waals surface area contributed by atoms with Gasteiger partial charge in [0.2, 0.25) is 5.13 Å². The molecule has 0 aliphatic carbocycles. The molecule has 0 spiro atoms. The van der Waals surface area contributed by atoms with Crippen LogP contribution in [-0.2, 0) is 4.74 Å². The number of amides is 1. The van der Waals surface area contributed by atoms with Crippen LogP contribution in [-0.4, -0.2) is 52.0 Å². The molecule has 2 atom stereocenters. The van der Waals surface area contributed by atoms with E-state index < -0.39 is 5.91 Å². The lowest BCUT2D eigenvalue weighted by atomic mass is 10.0. The minimum absolute atomic E-state index is 0.0664. The highest BCUT2D eigenvalue weighted by atomic mass is 35.5. The van der Waals surface area contributed by atoms with Crippen molar-refractivity contribution < 1.29 is 19.0 Å². The number of rotatable bonds is 6. The van der Waals surface area contributed by atoms with E-state index in [-0.39, 0.29) is 17.4 Å². The second kappa shape index (κ2) is 9.13. The number of hydrogen-bond acceptors (Lipinski definition) is 9. The number of methoxy groups -OCH3 is 1. The third-order valence-corrected chi connectivity index (χ3v) is 5.62. The van der Waals surface area contributed by atoms with Crippen LogP contribution >= 0.6 is 22.9 Å². The number of hydrogen-bond donors (Lipinski definition) is 1. The summed E-state index contributed by atoms with van der Waals surface area (Å²) in [5, 5.41) is 11.7. The van der Waals surface area contributed by atoms with Crippen LogP contribution in [0.4, 0.5) is 5.13 Å². The average Bonchev–Trinajstić information content (AvgIpc) is 3.36. The van der Waals surface area contributed by atoms with E-state index in [2.05, 4.69) is 25.5 Å². The van der Waals surface area contributed by atoms with E-state index in [1.54, 1.807) is 12.1 Å². The van der Waals surface area contributed by atoms with Crippen molar-refractivity contribution >= 4 is 34.0 Å². The molecule has 162 valence electrons. The average molecular weight is 462 g/mol. The lowest BCUT2D eigenvalue weighted by Gasteiger charge is -2.13. The number of carbonyl (C=O) groups is 1. The molecule has 9 nitrogen and oxygen atoms in total. The Morgan fingerprint density at radius 3 is 2.84 bits per heavy atom. The van der Waals surface area contributed by atoms with Crippen molar-refractivity contribution in [1.82, 2.24) is 20.2 Å². The molecule has 0 saturated carbocycles. The van der Waals surface area contributed by atoms with E-state index in [0.717, 1.165) is 23.5 Å². The summed E-state index contributed by atoms with van der Waals surface area (Å²) in [7, 11) is 1.53. The van der Waals surface area contributed by atoms with Gasteiger partial charge in [-0.2, -0.15) is 0 Å². The summed E-state index contributed by atoms with van der Waals surface area (Å²) in [5.74, 6) is 0.0988. The fraction of sp³-hybridized carbons (Fsp3) is 0.350. The number of halogens is 1. The first kappa shape index (κ1) is 21.4. The van der Waals surface area contributed by atoms with E-state index in [9.17, 15) is 4.79 Å². The molecule has 0 bridgehead atoms. The number of ether oxygens (including phenoxy) is 3. The normalized spacial score (nSPS) is 18.1. The highest BCUT2D eigenvalue weighted by Crippen LogP contribution is 2.34. The third-order valence-electron chi connectivity index (χ3n) is 4.69. The van der Waals surface area contributed by atoms with Crippen molar-refractivity contribution in [2.75, 3.05) is 19.0 Å². The summed E-state index contributed by atoms with van der Waals surface area (Å²) in [4.78, 5) is 21.3. The van der Waals surface area contributed by atoms with Crippen molar-refractivity contribution in [1.29, 1.82) is 0 Å². The van der Waals surface area contributed by atoms with Gasteiger partial charge in [0.1, 0.15) is 17.0 Å². The second-order valence-corrected chi connectivity index (χ2v) is 8.35. The molecule has 0 unspecified atom stereocenters. The Labute approximate surface area is 187 Å². The first-order chi connectivity index (χ1) is 14.9. The quantitative estimate of drug-likeness (QED) is 0.552. The molecule has 0 radical (unpaired) electrons. The number of nitrogens with one attached hydrogen (secondary N) is 1. The van der Waals surface area contributed by atoms with Crippen molar-refractivity contribution in [2.45, 2.75) is 32.5 Å². The van der Waals surface area contributed by atoms with Crippen LogP contribution in [0.5, 0.6) is 10.9 Å². The van der Waals surface area contributed by atoms with Gasteiger partial charge in [-0.3, -0.25) is 15.1 Å². The van der Waals surface area contributed by atoms with Gasteiger partial charge in [0.05, 0.1) is 31.6 Å². The topological polar surface area (TPSA) is 108 Å². The van der Waals surface area contributed by atoms with E-state index in [1.807, 2.05) is 13.8 Å². The van der Waals surface area contributed by atoms with Crippen molar-refractivity contribution in [3.05, 3.63) is 40.9 Å². The Hall–Kier alpha value is -2.82. The molecule has 1 N–H and O–H groups in total. The van der Waals surface area contributed by atoms with Gasteiger partial charge in [0.25, 0.3) is 11.1 Å². The largest absolute Gasteiger partial charge is 0.494 e. The Bertz CT molecular complexity index is 1110. The maximum absolute atomic E-state index is 13.0. The summed E-state index contributed by atoms with van der Waals surface area (Å²) in [6.07, 6.45) is 3.89. The smallest absolute Gasteiger partial charge is 0.296 e. The fourth-order valence-electron chi connectivity index (χ4n) is 3.23. The molecule has 3 aromatic heterocycles. The molecule has 0 aromatic carbocycles. The fourth-order valence-corrected chi connectivity index (χ4v) is 4.04. The minimum Gasteiger partial charge on any atom is -0.494 e. The highest BCUT2D eigenvalue weighted by Gasteiger charge is 2.25. The van der Waals surface area contributed by atoms with Crippen LogP contribution in [0.2, 0.25) is 5.15 Å². The summed E-state index contributed by atoms with van der Waals surface area (Å²) >= 11 is 7.24. The molecule has 1 saturated heterocycles. The monoisotopic (exact) mass is 461 g/mol. The summed E-state index contributed by atoms with van der Waals surface area (Å²) in [6.45, 7) is 4.34. The minimum atomic E-state index is -0.391. The number of nitrogens with zero attached hydrogens (tertiary/aromatic N) is 4. The molecule has 31 heavy (non-hydrogen) atoms. The van der Waals surface area contributed by atoms with Gasteiger partial charge in [0, 0.05) is 29.4 Å².